The van der Waals surface area contributed by atoms with Gasteiger partial charge in [0.2, 0.25) is 0 Å². The van der Waals surface area contributed by atoms with Crippen LogP contribution in [0.15, 0.2) is 84.9 Å². The van der Waals surface area contributed by atoms with Gasteiger partial charge in [0.05, 0.1) is 13.0 Å². The Kier molecular flexibility index (Phi) is 9.42. The second-order valence-corrected chi connectivity index (χ2v) is 14.5. The quantitative estimate of drug-likeness (QED) is 0.195. The van der Waals surface area contributed by atoms with E-state index in [9.17, 15) is 13.2 Å². The van der Waals surface area contributed by atoms with Gasteiger partial charge in [0.1, 0.15) is 5.75 Å². The van der Waals surface area contributed by atoms with Crippen molar-refractivity contribution in [3.8, 4) is 5.75 Å². The van der Waals surface area contributed by atoms with Crippen LogP contribution in [0.25, 0.3) is 0 Å². The predicted octanol–water partition coefficient (Wildman–Crippen LogP) is 7.48. The van der Waals surface area contributed by atoms with Crippen LogP contribution >= 0.6 is 0 Å². The summed E-state index contributed by atoms with van der Waals surface area (Å²) in [6.07, 6.45) is -2.37. The summed E-state index contributed by atoms with van der Waals surface area (Å²) >= 11 is 0. The van der Waals surface area contributed by atoms with Gasteiger partial charge in [-0.15, -0.1) is 0 Å². The fraction of sp³-hybridized carbons (Fsp3) is 0.400. The highest BCUT2D eigenvalue weighted by Crippen LogP contribution is 2.40. The van der Waals surface area contributed by atoms with E-state index < -0.39 is 20.4 Å². The molecule has 0 bridgehead atoms. The van der Waals surface area contributed by atoms with Crippen LogP contribution in [-0.4, -0.2) is 28.2 Å². The highest BCUT2D eigenvalue weighted by molar-refractivity contribution is 6.99. The Morgan fingerprint density at radius 1 is 0.750 bits per heavy atom. The number of halogens is 3. The van der Waals surface area contributed by atoms with Gasteiger partial charge >= 0.3 is 6.18 Å². The molecule has 0 fully saturated rings. The summed E-state index contributed by atoms with van der Waals surface area (Å²) in [6, 6.07) is 27.1. The molecule has 0 heterocycles. The van der Waals surface area contributed by atoms with Crippen LogP contribution in [0, 0.1) is 0 Å². The van der Waals surface area contributed by atoms with Gasteiger partial charge in [0.15, 0.2) is 0 Å². The van der Waals surface area contributed by atoms with Gasteiger partial charge in [-0.1, -0.05) is 106 Å². The van der Waals surface area contributed by atoms with Crippen LogP contribution in [0.2, 0.25) is 5.04 Å². The van der Waals surface area contributed by atoms with Crippen molar-refractivity contribution in [3.05, 3.63) is 90.5 Å². The van der Waals surface area contributed by atoms with Crippen LogP contribution in [0.1, 0.15) is 57.9 Å². The largest absolute Gasteiger partial charge is 0.497 e. The first-order valence-corrected chi connectivity index (χ1v) is 14.5. The standard InChI is InChI=1S/C30H37F3O2Si/c1-29(2,3)36(26-17-8-5-9-18-26,27-19-10-6-11-20-27)35-22-13-7-12-21-28(30(31,32)33)24-15-14-16-25(23-24)34-4/h5-6,8-11,14-20,23,28H,7,12-13,21-22H2,1-4H3/t28-/m1/s1. The fourth-order valence-corrected chi connectivity index (χ4v) is 9.60. The van der Waals surface area contributed by atoms with Crippen LogP contribution in [0.3, 0.4) is 0 Å². The number of hydrogen-bond donors (Lipinski definition) is 0. The smallest absolute Gasteiger partial charge is 0.395 e. The minimum Gasteiger partial charge on any atom is -0.497 e. The zero-order valence-corrected chi connectivity index (χ0v) is 22.6. The molecule has 1 atom stereocenters. The highest BCUT2D eigenvalue weighted by Gasteiger charge is 2.50. The van der Waals surface area contributed by atoms with Crippen molar-refractivity contribution in [1.29, 1.82) is 0 Å². The van der Waals surface area contributed by atoms with Crippen molar-refractivity contribution in [2.45, 2.75) is 63.6 Å². The Morgan fingerprint density at radius 3 is 1.83 bits per heavy atom. The van der Waals surface area contributed by atoms with E-state index in [-0.39, 0.29) is 17.0 Å². The first kappa shape index (κ1) is 28.0. The molecule has 3 aromatic rings. The van der Waals surface area contributed by atoms with Crippen molar-refractivity contribution in [2.24, 2.45) is 0 Å². The molecule has 3 aromatic carbocycles. The number of benzene rings is 3. The van der Waals surface area contributed by atoms with Crippen molar-refractivity contribution in [2.75, 3.05) is 13.7 Å². The van der Waals surface area contributed by atoms with Gasteiger partial charge in [-0.25, -0.2) is 0 Å². The average Bonchev–Trinajstić information content (AvgIpc) is 2.85. The minimum atomic E-state index is -4.29. The lowest BCUT2D eigenvalue weighted by atomic mass is 9.92. The molecule has 3 rings (SSSR count). The summed E-state index contributed by atoms with van der Waals surface area (Å²) in [5.74, 6) is -1.05. The summed E-state index contributed by atoms with van der Waals surface area (Å²) < 4.78 is 53.4. The van der Waals surface area contributed by atoms with E-state index in [0.29, 0.717) is 31.6 Å². The molecule has 6 heteroatoms. The van der Waals surface area contributed by atoms with Gasteiger partial charge in [-0.3, -0.25) is 0 Å². The second kappa shape index (κ2) is 12.1. The molecule has 0 aliphatic carbocycles. The summed E-state index contributed by atoms with van der Waals surface area (Å²) in [6.45, 7) is 7.19. The topological polar surface area (TPSA) is 18.5 Å². The van der Waals surface area contributed by atoms with Crippen molar-refractivity contribution < 1.29 is 22.3 Å². The van der Waals surface area contributed by atoms with Crippen LogP contribution in [0.4, 0.5) is 13.2 Å². The maximum Gasteiger partial charge on any atom is 0.395 e. The zero-order valence-electron chi connectivity index (χ0n) is 21.6. The molecule has 0 aromatic heterocycles. The number of alkyl halides is 3. The Bertz CT molecular complexity index is 1020. The molecule has 194 valence electrons. The highest BCUT2D eigenvalue weighted by atomic mass is 28.4. The molecule has 0 aliphatic heterocycles. The molecule has 36 heavy (non-hydrogen) atoms. The number of ether oxygens (including phenoxy) is 1. The van der Waals surface area contributed by atoms with Crippen molar-refractivity contribution in [3.63, 3.8) is 0 Å². The molecular formula is C30H37F3O2Si. The lowest BCUT2D eigenvalue weighted by Gasteiger charge is -2.43. The zero-order chi connectivity index (χ0) is 26.2. The van der Waals surface area contributed by atoms with Gasteiger partial charge in [-0.05, 0) is 45.9 Å². The summed E-state index contributed by atoms with van der Waals surface area (Å²) in [4.78, 5) is 0. The van der Waals surface area contributed by atoms with Gasteiger partial charge in [0, 0.05) is 6.61 Å². The van der Waals surface area contributed by atoms with Crippen molar-refractivity contribution in [1.82, 2.24) is 0 Å². The molecule has 0 unspecified atom stereocenters. The fourth-order valence-electron chi connectivity index (χ4n) is 4.99. The Labute approximate surface area is 214 Å². The number of rotatable bonds is 11. The Balaban J connectivity index is 1.69. The van der Waals surface area contributed by atoms with E-state index in [0.717, 1.165) is 0 Å². The third-order valence-corrected chi connectivity index (χ3v) is 11.8. The van der Waals surface area contributed by atoms with Crippen LogP contribution in [0.5, 0.6) is 5.75 Å². The summed E-state index contributed by atoms with van der Waals surface area (Å²) in [5.41, 5.74) is 0.255. The van der Waals surface area contributed by atoms with E-state index in [1.807, 2.05) is 36.4 Å². The predicted molar refractivity (Wildman–Crippen MR) is 144 cm³/mol. The molecule has 0 spiro atoms. The molecular weight excluding hydrogens is 477 g/mol. The molecule has 0 radical (unpaired) electrons. The van der Waals surface area contributed by atoms with Crippen molar-refractivity contribution >= 4 is 18.7 Å². The Hall–Kier alpha value is -2.57. The number of methoxy groups -OCH3 is 1. The average molecular weight is 515 g/mol. The van der Waals surface area contributed by atoms with Crippen LogP contribution < -0.4 is 15.1 Å². The van der Waals surface area contributed by atoms with E-state index >= 15 is 0 Å². The monoisotopic (exact) mass is 514 g/mol. The van der Waals surface area contributed by atoms with Gasteiger partial charge in [-0.2, -0.15) is 13.2 Å². The number of unbranched alkanes of at least 4 members (excludes halogenated alkanes) is 2. The maximum absolute atomic E-state index is 13.8. The molecule has 0 aliphatic rings. The minimum absolute atomic E-state index is 0.0515. The third-order valence-electron chi connectivity index (χ3n) is 6.76. The van der Waals surface area contributed by atoms with Gasteiger partial charge in [0.25, 0.3) is 8.32 Å². The lowest BCUT2D eigenvalue weighted by Crippen LogP contribution is -2.66. The van der Waals surface area contributed by atoms with Crippen LogP contribution in [-0.2, 0) is 4.43 Å². The molecule has 0 amide bonds. The Morgan fingerprint density at radius 2 is 1.33 bits per heavy atom. The first-order valence-electron chi connectivity index (χ1n) is 12.6. The first-order chi connectivity index (χ1) is 17.1. The van der Waals surface area contributed by atoms with E-state index in [2.05, 4.69) is 45.0 Å². The second-order valence-electron chi connectivity index (χ2n) is 10.2. The summed E-state index contributed by atoms with van der Waals surface area (Å²) in [5, 5.41) is 2.29. The maximum atomic E-state index is 13.8. The molecule has 0 N–H and O–H groups in total. The normalized spacial score (nSPS) is 13.4. The van der Waals surface area contributed by atoms with E-state index in [1.54, 1.807) is 12.1 Å². The number of hydrogen-bond acceptors (Lipinski definition) is 2. The molecule has 2 nitrogen and oxygen atoms in total. The van der Waals surface area contributed by atoms with Gasteiger partial charge < -0.3 is 9.16 Å². The molecule has 0 saturated heterocycles. The third kappa shape index (κ3) is 6.59. The molecule has 0 saturated carbocycles. The van der Waals surface area contributed by atoms with E-state index in [4.69, 9.17) is 9.16 Å². The SMILES string of the molecule is COc1cccc([C@@H](CCCCCO[Si](c2ccccc2)(c2ccccc2)C(C)(C)C)C(F)(F)F)c1. The summed E-state index contributed by atoms with van der Waals surface area (Å²) in [7, 11) is -1.15. The lowest BCUT2D eigenvalue weighted by molar-refractivity contribution is -0.152. The van der Waals surface area contributed by atoms with E-state index in [1.165, 1.54) is 29.6 Å².